The van der Waals surface area contributed by atoms with Crippen molar-refractivity contribution in [3.63, 3.8) is 0 Å². The molecular weight excluding hydrogens is 513 g/mol. The molecule has 4 rings (SSSR count). The molecule has 11 heteroatoms. The van der Waals surface area contributed by atoms with E-state index in [9.17, 15) is 22.8 Å². The molecule has 4 aromatic rings. The van der Waals surface area contributed by atoms with E-state index in [2.05, 4.69) is 0 Å². The number of hydrogen-bond donors (Lipinski definition) is 1. The number of alkyl halides is 3. The van der Waals surface area contributed by atoms with Crippen LogP contribution in [0.2, 0.25) is 0 Å². The molecule has 3 aromatic carbocycles. The maximum atomic E-state index is 15.4. The van der Waals surface area contributed by atoms with E-state index in [-0.39, 0.29) is 34.7 Å². The molecule has 202 valence electrons. The highest BCUT2D eigenvalue weighted by molar-refractivity contribution is 6.33. The molecule has 0 amide bonds. The zero-order valence-corrected chi connectivity index (χ0v) is 21.6. The minimum Gasteiger partial charge on any atom is -0.494 e. The Labute approximate surface area is 222 Å². The van der Waals surface area contributed by atoms with Crippen LogP contribution in [0.1, 0.15) is 28.4 Å². The Kier molecular flexibility index (Phi) is 7.83. The van der Waals surface area contributed by atoms with Crippen LogP contribution in [0.3, 0.4) is 0 Å². The van der Waals surface area contributed by atoms with Gasteiger partial charge in [-0.15, -0.1) is 0 Å². The van der Waals surface area contributed by atoms with Gasteiger partial charge in [-0.2, -0.15) is 13.2 Å². The van der Waals surface area contributed by atoms with E-state index >= 15 is 4.39 Å². The summed E-state index contributed by atoms with van der Waals surface area (Å²) < 4.78 is 64.0. The lowest BCUT2D eigenvalue weighted by Crippen LogP contribution is -2.44. The number of methoxy groups -OCH3 is 1. The summed E-state index contributed by atoms with van der Waals surface area (Å²) in [6.07, 6.45) is -4.68. The lowest BCUT2D eigenvalue weighted by Gasteiger charge is -2.22. The van der Waals surface area contributed by atoms with E-state index in [4.69, 9.17) is 10.5 Å². The summed E-state index contributed by atoms with van der Waals surface area (Å²) in [5.41, 5.74) is 4.27. The third-order valence-corrected chi connectivity index (χ3v) is 6.78. The zero-order valence-electron chi connectivity index (χ0n) is 21.6. The summed E-state index contributed by atoms with van der Waals surface area (Å²) in [4.78, 5) is 27.5. The number of ether oxygens (including phenoxy) is 1. The smallest absolute Gasteiger partial charge is 0.416 e. The van der Waals surface area contributed by atoms with Gasteiger partial charge >= 0.3 is 11.9 Å². The van der Waals surface area contributed by atoms with Gasteiger partial charge in [0, 0.05) is 17.3 Å². The molecule has 0 saturated heterocycles. The minimum atomic E-state index is -4.68. The number of nitrogens with zero attached hydrogens (tertiary/aromatic N) is 2. The van der Waals surface area contributed by atoms with Crippen LogP contribution < -0.4 is 27.2 Å². The Balaban J connectivity index is 2.00. The quantitative estimate of drug-likeness (QED) is 0.289. The van der Waals surface area contributed by atoms with Gasteiger partial charge in [0.15, 0.2) is 11.6 Å². The second-order valence-electron chi connectivity index (χ2n) is 9.18. The summed E-state index contributed by atoms with van der Waals surface area (Å²) in [5, 5.41) is 0. The van der Waals surface area contributed by atoms with Crippen molar-refractivity contribution in [3.8, 4) is 16.9 Å². The first-order valence-corrected chi connectivity index (χ1v) is 12.1. The lowest BCUT2D eigenvalue weighted by atomic mass is 9.87. The largest absolute Gasteiger partial charge is 0.494 e. The van der Waals surface area contributed by atoms with Gasteiger partial charge in [-0.3, -0.25) is 13.9 Å². The van der Waals surface area contributed by atoms with Crippen LogP contribution in [0.5, 0.6) is 5.75 Å². The SMILES string of the molecule is Bc1cccc(C(F)(F)F)c1Cn1c(C)c(-c2cccc(OC)c2F)c(=O)n(C[C@H](N)c2ccccc2)c1=O. The highest BCUT2D eigenvalue weighted by Gasteiger charge is 2.34. The average molecular weight is 539 g/mol. The molecule has 0 spiro atoms. The molecule has 0 radical (unpaired) electrons. The average Bonchev–Trinajstić information content (AvgIpc) is 2.90. The van der Waals surface area contributed by atoms with Gasteiger partial charge in [-0.1, -0.05) is 60.1 Å². The van der Waals surface area contributed by atoms with E-state index in [1.54, 1.807) is 30.3 Å². The first-order chi connectivity index (χ1) is 18.5. The van der Waals surface area contributed by atoms with Crippen LogP contribution in [0.25, 0.3) is 11.1 Å². The van der Waals surface area contributed by atoms with E-state index in [1.165, 1.54) is 52.2 Å². The fraction of sp³-hybridized carbons (Fsp3) is 0.214. The number of rotatable bonds is 7. The molecule has 0 aliphatic carbocycles. The summed E-state index contributed by atoms with van der Waals surface area (Å²) >= 11 is 0. The van der Waals surface area contributed by atoms with Crippen molar-refractivity contribution in [2.24, 2.45) is 5.73 Å². The van der Waals surface area contributed by atoms with Crippen molar-refractivity contribution in [2.75, 3.05) is 7.11 Å². The van der Waals surface area contributed by atoms with Gasteiger partial charge in [0.25, 0.3) is 5.56 Å². The highest BCUT2D eigenvalue weighted by Crippen LogP contribution is 2.32. The molecule has 0 saturated carbocycles. The summed E-state index contributed by atoms with van der Waals surface area (Å²) in [6, 6.07) is 15.9. The minimum absolute atomic E-state index is 0.0121. The van der Waals surface area contributed by atoms with Crippen molar-refractivity contribution in [2.45, 2.75) is 32.2 Å². The Hall–Kier alpha value is -4.12. The molecule has 0 bridgehead atoms. The molecule has 39 heavy (non-hydrogen) atoms. The number of nitrogens with two attached hydrogens (primary N) is 1. The molecule has 0 fully saturated rings. The van der Waals surface area contributed by atoms with Crippen LogP contribution in [0.15, 0.2) is 76.3 Å². The van der Waals surface area contributed by atoms with Crippen LogP contribution in [0.4, 0.5) is 17.6 Å². The van der Waals surface area contributed by atoms with Crippen molar-refractivity contribution in [3.05, 3.63) is 116 Å². The van der Waals surface area contributed by atoms with Crippen LogP contribution in [-0.2, 0) is 19.3 Å². The molecule has 6 nitrogen and oxygen atoms in total. The Morgan fingerprint density at radius 3 is 2.28 bits per heavy atom. The van der Waals surface area contributed by atoms with Crippen molar-refractivity contribution in [1.82, 2.24) is 9.13 Å². The van der Waals surface area contributed by atoms with Gasteiger partial charge in [-0.05, 0) is 30.2 Å². The molecule has 1 heterocycles. The van der Waals surface area contributed by atoms with Gasteiger partial charge in [0.1, 0.15) is 7.85 Å². The molecule has 0 aliphatic heterocycles. The molecule has 1 atom stereocenters. The summed E-state index contributed by atoms with van der Waals surface area (Å²) in [7, 11) is 2.78. The first-order valence-electron chi connectivity index (χ1n) is 12.1. The Morgan fingerprint density at radius 1 is 0.974 bits per heavy atom. The number of benzene rings is 3. The van der Waals surface area contributed by atoms with Crippen molar-refractivity contribution < 1.29 is 22.3 Å². The first kappa shape index (κ1) is 27.9. The van der Waals surface area contributed by atoms with Gasteiger partial charge < -0.3 is 10.5 Å². The molecule has 2 N–H and O–H groups in total. The van der Waals surface area contributed by atoms with E-state index < -0.39 is 41.4 Å². The lowest BCUT2D eigenvalue weighted by molar-refractivity contribution is -0.138. The predicted molar refractivity (Wildman–Crippen MR) is 144 cm³/mol. The summed E-state index contributed by atoms with van der Waals surface area (Å²) in [5.74, 6) is -0.967. The topological polar surface area (TPSA) is 79.2 Å². The number of hydrogen-bond acceptors (Lipinski definition) is 4. The fourth-order valence-electron chi connectivity index (χ4n) is 4.66. The maximum absolute atomic E-state index is 15.4. The second kappa shape index (κ2) is 10.9. The molecule has 1 aromatic heterocycles. The maximum Gasteiger partial charge on any atom is 0.416 e. The number of aromatic nitrogens is 2. The third kappa shape index (κ3) is 5.40. The Morgan fingerprint density at radius 2 is 1.64 bits per heavy atom. The highest BCUT2D eigenvalue weighted by atomic mass is 19.4. The monoisotopic (exact) mass is 539 g/mol. The van der Waals surface area contributed by atoms with Gasteiger partial charge in [0.05, 0.1) is 31.3 Å². The van der Waals surface area contributed by atoms with Crippen molar-refractivity contribution >= 4 is 13.3 Å². The van der Waals surface area contributed by atoms with Gasteiger partial charge in [-0.25, -0.2) is 9.18 Å². The van der Waals surface area contributed by atoms with Crippen LogP contribution in [0, 0.1) is 12.7 Å². The van der Waals surface area contributed by atoms with Crippen molar-refractivity contribution in [1.29, 1.82) is 0 Å². The molecule has 0 aliphatic rings. The Bertz CT molecular complexity index is 1630. The third-order valence-electron chi connectivity index (χ3n) is 6.78. The van der Waals surface area contributed by atoms with E-state index in [0.717, 1.165) is 15.2 Å². The van der Waals surface area contributed by atoms with Crippen LogP contribution in [-0.4, -0.2) is 24.1 Å². The van der Waals surface area contributed by atoms with Gasteiger partial charge in [0.2, 0.25) is 0 Å². The second-order valence-corrected chi connectivity index (χ2v) is 9.18. The van der Waals surface area contributed by atoms with E-state index in [1.807, 2.05) is 0 Å². The molecular formula is C28H26BF4N3O3. The normalized spacial score (nSPS) is 12.4. The molecule has 0 unspecified atom stereocenters. The zero-order chi connectivity index (χ0) is 28.5. The van der Waals surface area contributed by atoms with E-state index in [0.29, 0.717) is 11.0 Å². The standard InChI is InChI=1S/C28H26BF4N3O3/c1-16-24(18-10-6-13-23(39-2)25(18)30)26(37)36(15-22(34)17-8-4-3-5-9-17)27(38)35(16)14-19-20(28(31,32)33)11-7-12-21(19)29/h3-13,22H,14-15,29,34H2,1-2H3/t22-/m0/s1. The number of halogens is 4. The predicted octanol–water partition coefficient (Wildman–Crippen LogP) is 3.16. The summed E-state index contributed by atoms with van der Waals surface area (Å²) in [6.45, 7) is 0.635. The fourth-order valence-corrected chi connectivity index (χ4v) is 4.66. The van der Waals surface area contributed by atoms with Crippen LogP contribution >= 0.6 is 0 Å².